The summed E-state index contributed by atoms with van der Waals surface area (Å²) in [6.45, 7) is 10.9. The van der Waals surface area contributed by atoms with Crippen molar-refractivity contribution in [1.82, 2.24) is 4.57 Å². The SMILES string of the molecule is COCOCCN(CCOCOC)[Si](C)(C)C. The first kappa shape index (κ1) is 17.0. The van der Waals surface area contributed by atoms with Crippen molar-refractivity contribution in [3.05, 3.63) is 0 Å². The minimum Gasteiger partial charge on any atom is -0.359 e. The van der Waals surface area contributed by atoms with Gasteiger partial charge in [0.15, 0.2) is 0 Å². The van der Waals surface area contributed by atoms with Crippen molar-refractivity contribution in [3.8, 4) is 0 Å². The molecule has 0 radical (unpaired) electrons. The van der Waals surface area contributed by atoms with Crippen LogP contribution in [-0.2, 0) is 18.9 Å². The molecule has 0 N–H and O–H groups in total. The Bertz CT molecular complexity index is 163. The predicted molar refractivity (Wildman–Crippen MR) is 70.6 cm³/mol. The van der Waals surface area contributed by atoms with E-state index in [0.29, 0.717) is 26.8 Å². The quantitative estimate of drug-likeness (QED) is 0.320. The van der Waals surface area contributed by atoms with Crippen molar-refractivity contribution < 1.29 is 18.9 Å². The van der Waals surface area contributed by atoms with Crippen molar-refractivity contribution in [2.45, 2.75) is 19.6 Å². The van der Waals surface area contributed by atoms with Crippen molar-refractivity contribution in [1.29, 1.82) is 0 Å². The summed E-state index contributed by atoms with van der Waals surface area (Å²) in [6.07, 6.45) is 0. The zero-order valence-electron chi connectivity index (χ0n) is 11.8. The highest BCUT2D eigenvalue weighted by molar-refractivity contribution is 6.73. The van der Waals surface area contributed by atoms with Gasteiger partial charge in [0.05, 0.1) is 13.2 Å². The Morgan fingerprint density at radius 3 is 1.53 bits per heavy atom. The van der Waals surface area contributed by atoms with E-state index in [-0.39, 0.29) is 0 Å². The molecule has 0 aromatic heterocycles. The van der Waals surface area contributed by atoms with Crippen LogP contribution in [0.25, 0.3) is 0 Å². The van der Waals surface area contributed by atoms with Crippen LogP contribution in [0.2, 0.25) is 19.6 Å². The summed E-state index contributed by atoms with van der Waals surface area (Å²) in [4.78, 5) is 0. The van der Waals surface area contributed by atoms with E-state index in [1.165, 1.54) is 0 Å². The number of ether oxygens (including phenoxy) is 4. The van der Waals surface area contributed by atoms with E-state index in [2.05, 4.69) is 24.2 Å². The van der Waals surface area contributed by atoms with Crippen LogP contribution in [0.3, 0.4) is 0 Å². The van der Waals surface area contributed by atoms with Crippen LogP contribution < -0.4 is 0 Å². The Morgan fingerprint density at radius 2 is 1.24 bits per heavy atom. The molecule has 0 saturated carbocycles. The van der Waals surface area contributed by atoms with E-state index < -0.39 is 8.24 Å². The molecule has 17 heavy (non-hydrogen) atoms. The zero-order chi connectivity index (χ0) is 13.1. The maximum Gasteiger partial charge on any atom is 0.146 e. The van der Waals surface area contributed by atoms with Crippen molar-refractivity contribution >= 4 is 8.24 Å². The molecular formula is C11H27NO4Si. The highest BCUT2D eigenvalue weighted by atomic mass is 28.3. The average Bonchev–Trinajstić information content (AvgIpc) is 2.25. The molecule has 0 aromatic rings. The first-order valence-corrected chi connectivity index (χ1v) is 9.35. The lowest BCUT2D eigenvalue weighted by Crippen LogP contribution is -2.49. The molecule has 0 saturated heterocycles. The summed E-state index contributed by atoms with van der Waals surface area (Å²) in [5.74, 6) is 0. The van der Waals surface area contributed by atoms with Gasteiger partial charge >= 0.3 is 0 Å². The molecule has 0 spiro atoms. The summed E-state index contributed by atoms with van der Waals surface area (Å²) in [7, 11) is 1.95. The fraction of sp³-hybridized carbons (Fsp3) is 1.00. The van der Waals surface area contributed by atoms with Crippen molar-refractivity contribution in [2.24, 2.45) is 0 Å². The van der Waals surface area contributed by atoms with Crippen LogP contribution in [0.4, 0.5) is 0 Å². The largest absolute Gasteiger partial charge is 0.359 e. The minimum absolute atomic E-state index is 0.361. The first-order chi connectivity index (χ1) is 8.02. The molecule has 0 aliphatic rings. The summed E-state index contributed by atoms with van der Waals surface area (Å²) in [5.41, 5.74) is 0. The second-order valence-electron chi connectivity index (χ2n) is 4.79. The maximum absolute atomic E-state index is 5.33. The molecule has 0 amide bonds. The average molecular weight is 265 g/mol. The minimum atomic E-state index is -1.32. The smallest absolute Gasteiger partial charge is 0.146 e. The number of nitrogens with zero attached hydrogens (tertiary/aromatic N) is 1. The van der Waals surface area contributed by atoms with Crippen molar-refractivity contribution in [2.75, 3.05) is 54.1 Å². The fourth-order valence-corrected chi connectivity index (χ4v) is 2.94. The molecule has 5 nitrogen and oxygen atoms in total. The van der Waals surface area contributed by atoms with Gasteiger partial charge in [-0.25, -0.2) is 0 Å². The molecule has 0 bridgehead atoms. The van der Waals surface area contributed by atoms with E-state index in [9.17, 15) is 0 Å². The van der Waals surface area contributed by atoms with Gasteiger partial charge in [-0.05, 0) is 0 Å². The lowest BCUT2D eigenvalue weighted by Gasteiger charge is -2.33. The van der Waals surface area contributed by atoms with Crippen molar-refractivity contribution in [3.63, 3.8) is 0 Å². The molecule has 104 valence electrons. The Labute approximate surface area is 106 Å². The van der Waals surface area contributed by atoms with Gasteiger partial charge in [-0.1, -0.05) is 19.6 Å². The second kappa shape index (κ2) is 9.99. The molecule has 6 heteroatoms. The van der Waals surface area contributed by atoms with Gasteiger partial charge in [-0.15, -0.1) is 0 Å². The Hall–Kier alpha value is 0.0169. The monoisotopic (exact) mass is 265 g/mol. The predicted octanol–water partition coefficient (Wildman–Crippen LogP) is 1.36. The van der Waals surface area contributed by atoms with Crippen LogP contribution in [0.5, 0.6) is 0 Å². The molecular weight excluding hydrogens is 238 g/mol. The molecule has 0 aliphatic heterocycles. The summed E-state index contributed by atoms with van der Waals surface area (Å²) in [5, 5.41) is 0. The van der Waals surface area contributed by atoms with Gasteiger partial charge in [0.25, 0.3) is 0 Å². The highest BCUT2D eigenvalue weighted by Crippen LogP contribution is 2.08. The number of hydrogen-bond acceptors (Lipinski definition) is 5. The second-order valence-corrected chi connectivity index (χ2v) is 9.76. The van der Waals surface area contributed by atoms with Gasteiger partial charge in [0.1, 0.15) is 21.8 Å². The Morgan fingerprint density at radius 1 is 0.824 bits per heavy atom. The van der Waals surface area contributed by atoms with E-state index >= 15 is 0 Å². The van der Waals surface area contributed by atoms with Crippen LogP contribution in [0.1, 0.15) is 0 Å². The number of methoxy groups -OCH3 is 2. The summed E-state index contributed by atoms with van der Waals surface area (Å²) in [6, 6.07) is 0. The van der Waals surface area contributed by atoms with Crippen LogP contribution in [-0.4, -0.2) is 66.9 Å². The van der Waals surface area contributed by atoms with Gasteiger partial charge < -0.3 is 23.5 Å². The van der Waals surface area contributed by atoms with Crippen LogP contribution in [0.15, 0.2) is 0 Å². The van der Waals surface area contributed by atoms with E-state index in [1.807, 2.05) is 0 Å². The van der Waals surface area contributed by atoms with Crippen LogP contribution in [0, 0.1) is 0 Å². The van der Waals surface area contributed by atoms with Crippen LogP contribution >= 0.6 is 0 Å². The van der Waals surface area contributed by atoms with Gasteiger partial charge in [0, 0.05) is 27.3 Å². The molecule has 0 unspecified atom stereocenters. The van der Waals surface area contributed by atoms with Gasteiger partial charge in [-0.3, -0.25) is 0 Å². The van der Waals surface area contributed by atoms with E-state index in [1.54, 1.807) is 14.2 Å². The maximum atomic E-state index is 5.33. The third-order valence-electron chi connectivity index (χ3n) is 2.36. The lowest BCUT2D eigenvalue weighted by molar-refractivity contribution is -0.0423. The highest BCUT2D eigenvalue weighted by Gasteiger charge is 2.22. The van der Waals surface area contributed by atoms with Gasteiger partial charge in [-0.2, -0.15) is 0 Å². The number of rotatable bonds is 11. The Balaban J connectivity index is 3.81. The molecule has 0 aliphatic carbocycles. The first-order valence-electron chi connectivity index (χ1n) is 5.90. The van der Waals surface area contributed by atoms with E-state index in [0.717, 1.165) is 13.1 Å². The molecule has 0 fully saturated rings. The lowest BCUT2D eigenvalue weighted by atomic mass is 10.6. The fourth-order valence-electron chi connectivity index (χ4n) is 1.42. The molecule has 0 atom stereocenters. The standard InChI is InChI=1S/C11H27NO4Si/c1-13-10-15-8-6-12(17(3,4)5)7-9-16-11-14-2/h6-11H2,1-5H3. The molecule has 0 heterocycles. The summed E-state index contributed by atoms with van der Waals surface area (Å²) < 4.78 is 22.8. The third kappa shape index (κ3) is 9.69. The third-order valence-corrected chi connectivity index (χ3v) is 4.71. The topological polar surface area (TPSA) is 40.2 Å². The Kier molecular flexibility index (Phi) is 10.00. The molecule has 0 aromatic carbocycles. The summed E-state index contributed by atoms with van der Waals surface area (Å²) >= 11 is 0. The molecule has 0 rings (SSSR count). The number of hydrogen-bond donors (Lipinski definition) is 0. The zero-order valence-corrected chi connectivity index (χ0v) is 12.8. The van der Waals surface area contributed by atoms with E-state index in [4.69, 9.17) is 18.9 Å². The normalized spacial score (nSPS) is 12.4. The van der Waals surface area contributed by atoms with Gasteiger partial charge in [0.2, 0.25) is 0 Å².